The summed E-state index contributed by atoms with van der Waals surface area (Å²) in [5, 5.41) is 0.929. The number of hydrogen-bond acceptors (Lipinski definition) is 5. The third-order valence-corrected chi connectivity index (χ3v) is 3.54. The first-order valence-corrected chi connectivity index (χ1v) is 5.85. The second-order valence-corrected chi connectivity index (χ2v) is 5.46. The predicted octanol–water partition coefficient (Wildman–Crippen LogP) is 2.46. The van der Waals surface area contributed by atoms with E-state index in [1.54, 1.807) is 18.4 Å². The molecule has 0 saturated carbocycles. The van der Waals surface area contributed by atoms with Gasteiger partial charge in [-0.25, -0.2) is 9.97 Å². The number of nitrogen functional groups attached to an aromatic ring is 1. The first kappa shape index (κ1) is 11.3. The molecule has 86 valence electrons. The third-order valence-electron chi connectivity index (χ3n) is 2.59. The minimum absolute atomic E-state index is 0.514. The van der Waals surface area contributed by atoms with Gasteiger partial charge in [-0.05, 0) is 26.8 Å². The van der Waals surface area contributed by atoms with Gasteiger partial charge < -0.3 is 10.5 Å². The van der Waals surface area contributed by atoms with Crippen molar-refractivity contribution in [3.8, 4) is 0 Å². The van der Waals surface area contributed by atoms with Crippen molar-refractivity contribution in [1.29, 1.82) is 0 Å². The SMILES string of the molecule is COC(C)(C)c1nc(N)c2cc(C)sc2n1. The van der Waals surface area contributed by atoms with E-state index in [0.29, 0.717) is 11.6 Å². The van der Waals surface area contributed by atoms with Crippen LogP contribution in [0.2, 0.25) is 0 Å². The molecular weight excluding hydrogens is 222 g/mol. The van der Waals surface area contributed by atoms with Crippen LogP contribution in [-0.4, -0.2) is 17.1 Å². The van der Waals surface area contributed by atoms with Gasteiger partial charge in [0.1, 0.15) is 16.2 Å². The fourth-order valence-electron chi connectivity index (χ4n) is 1.42. The lowest BCUT2D eigenvalue weighted by Crippen LogP contribution is -2.23. The molecular formula is C11H15N3OS. The number of thiophene rings is 1. The monoisotopic (exact) mass is 237 g/mol. The topological polar surface area (TPSA) is 61.0 Å². The summed E-state index contributed by atoms with van der Waals surface area (Å²) in [5.74, 6) is 1.15. The maximum absolute atomic E-state index is 5.92. The van der Waals surface area contributed by atoms with Crippen molar-refractivity contribution in [2.45, 2.75) is 26.4 Å². The highest BCUT2D eigenvalue weighted by molar-refractivity contribution is 7.18. The average Bonchev–Trinajstić information content (AvgIpc) is 2.59. The molecule has 5 heteroatoms. The van der Waals surface area contributed by atoms with Crippen molar-refractivity contribution in [3.05, 3.63) is 16.8 Å². The van der Waals surface area contributed by atoms with Crippen LogP contribution in [0.15, 0.2) is 6.07 Å². The molecule has 2 aromatic rings. The molecule has 0 unspecified atom stereocenters. The first-order chi connectivity index (χ1) is 7.44. The molecule has 0 aliphatic carbocycles. The molecule has 2 rings (SSSR count). The molecule has 2 aromatic heterocycles. The van der Waals surface area contributed by atoms with Crippen LogP contribution >= 0.6 is 11.3 Å². The van der Waals surface area contributed by atoms with Crippen molar-refractivity contribution < 1.29 is 4.74 Å². The van der Waals surface area contributed by atoms with Gasteiger partial charge in [0.2, 0.25) is 0 Å². The van der Waals surface area contributed by atoms with E-state index < -0.39 is 5.60 Å². The van der Waals surface area contributed by atoms with Crippen molar-refractivity contribution in [2.75, 3.05) is 12.8 Å². The van der Waals surface area contributed by atoms with Gasteiger partial charge in [0.25, 0.3) is 0 Å². The molecule has 2 heterocycles. The molecule has 0 aliphatic rings. The van der Waals surface area contributed by atoms with E-state index >= 15 is 0 Å². The van der Waals surface area contributed by atoms with Crippen LogP contribution in [0.25, 0.3) is 10.2 Å². The molecule has 0 saturated heterocycles. The van der Waals surface area contributed by atoms with E-state index in [-0.39, 0.29) is 0 Å². The standard InChI is InChI=1S/C11H15N3OS/c1-6-5-7-8(12)13-10(11(2,3)15-4)14-9(7)16-6/h5H,1-4H3,(H2,12,13,14). The van der Waals surface area contributed by atoms with Gasteiger partial charge in [0, 0.05) is 12.0 Å². The molecule has 0 bridgehead atoms. The van der Waals surface area contributed by atoms with Crippen molar-refractivity contribution in [1.82, 2.24) is 9.97 Å². The van der Waals surface area contributed by atoms with Crippen molar-refractivity contribution >= 4 is 27.4 Å². The molecule has 4 nitrogen and oxygen atoms in total. The Balaban J connectivity index is 2.66. The minimum atomic E-state index is -0.514. The predicted molar refractivity (Wildman–Crippen MR) is 66.6 cm³/mol. The lowest BCUT2D eigenvalue weighted by molar-refractivity contribution is 0.0119. The fraction of sp³-hybridized carbons (Fsp3) is 0.455. The first-order valence-electron chi connectivity index (χ1n) is 5.03. The minimum Gasteiger partial charge on any atom is -0.383 e. The van der Waals surface area contributed by atoms with Gasteiger partial charge >= 0.3 is 0 Å². The number of anilines is 1. The summed E-state index contributed by atoms with van der Waals surface area (Å²) in [6, 6.07) is 2.01. The Labute approximate surface area is 98.5 Å². The molecule has 0 aliphatic heterocycles. The van der Waals surface area contributed by atoms with Crippen LogP contribution in [0, 0.1) is 6.92 Å². The Kier molecular flexibility index (Phi) is 2.59. The normalized spacial score (nSPS) is 12.2. The van der Waals surface area contributed by atoms with Crippen LogP contribution < -0.4 is 5.73 Å². The van der Waals surface area contributed by atoms with Crippen LogP contribution in [-0.2, 0) is 10.3 Å². The largest absolute Gasteiger partial charge is 0.383 e. The Morgan fingerprint density at radius 1 is 1.38 bits per heavy atom. The van der Waals surface area contributed by atoms with E-state index in [1.165, 1.54) is 4.88 Å². The Morgan fingerprint density at radius 3 is 2.69 bits per heavy atom. The smallest absolute Gasteiger partial charge is 0.163 e. The lowest BCUT2D eigenvalue weighted by atomic mass is 10.1. The van der Waals surface area contributed by atoms with Crippen LogP contribution in [0.5, 0.6) is 0 Å². The number of fused-ring (bicyclic) bond motifs is 1. The summed E-state index contributed by atoms with van der Waals surface area (Å²) in [6.45, 7) is 5.88. The number of ether oxygens (including phenoxy) is 1. The molecule has 0 amide bonds. The number of rotatable bonds is 2. The van der Waals surface area contributed by atoms with Crippen LogP contribution in [0.3, 0.4) is 0 Å². The molecule has 2 N–H and O–H groups in total. The van der Waals surface area contributed by atoms with E-state index in [4.69, 9.17) is 10.5 Å². The Hall–Kier alpha value is -1.20. The van der Waals surface area contributed by atoms with E-state index in [2.05, 4.69) is 9.97 Å². The zero-order chi connectivity index (χ0) is 11.9. The molecule has 0 fully saturated rings. The van der Waals surface area contributed by atoms with Gasteiger partial charge in [-0.15, -0.1) is 11.3 Å². The second kappa shape index (κ2) is 3.68. The van der Waals surface area contributed by atoms with E-state index in [0.717, 1.165) is 10.2 Å². The highest BCUT2D eigenvalue weighted by Gasteiger charge is 2.24. The summed E-state index contributed by atoms with van der Waals surface area (Å²) in [6.07, 6.45) is 0. The van der Waals surface area contributed by atoms with Gasteiger partial charge in [-0.1, -0.05) is 0 Å². The lowest BCUT2D eigenvalue weighted by Gasteiger charge is -2.21. The highest BCUT2D eigenvalue weighted by atomic mass is 32.1. The second-order valence-electron chi connectivity index (χ2n) is 4.22. The third kappa shape index (κ3) is 1.76. The molecule has 0 atom stereocenters. The van der Waals surface area contributed by atoms with Gasteiger partial charge in [0.15, 0.2) is 5.82 Å². The van der Waals surface area contributed by atoms with Crippen molar-refractivity contribution in [2.24, 2.45) is 0 Å². The van der Waals surface area contributed by atoms with Gasteiger partial charge in [0.05, 0.1) is 5.39 Å². The van der Waals surface area contributed by atoms with Crippen LogP contribution in [0.1, 0.15) is 24.5 Å². The van der Waals surface area contributed by atoms with Gasteiger partial charge in [-0.3, -0.25) is 0 Å². The fourth-order valence-corrected chi connectivity index (χ4v) is 2.31. The zero-order valence-electron chi connectivity index (χ0n) is 9.87. The quantitative estimate of drug-likeness (QED) is 0.871. The van der Waals surface area contributed by atoms with Crippen LogP contribution in [0.4, 0.5) is 5.82 Å². The summed E-state index contributed by atoms with van der Waals surface area (Å²) >= 11 is 1.62. The number of methoxy groups -OCH3 is 1. The molecule has 0 spiro atoms. The summed E-state index contributed by atoms with van der Waals surface area (Å²) < 4.78 is 5.36. The summed E-state index contributed by atoms with van der Waals surface area (Å²) in [5.41, 5.74) is 5.41. The number of hydrogen-bond donors (Lipinski definition) is 1. The molecule has 0 radical (unpaired) electrons. The maximum Gasteiger partial charge on any atom is 0.163 e. The summed E-state index contributed by atoms with van der Waals surface area (Å²) in [7, 11) is 1.64. The number of nitrogens with zero attached hydrogens (tertiary/aromatic N) is 2. The van der Waals surface area contributed by atoms with E-state index in [1.807, 2.05) is 26.8 Å². The highest BCUT2D eigenvalue weighted by Crippen LogP contribution is 2.30. The maximum atomic E-state index is 5.92. The Bertz CT molecular complexity index is 533. The molecule has 0 aromatic carbocycles. The van der Waals surface area contributed by atoms with Gasteiger partial charge in [-0.2, -0.15) is 0 Å². The van der Waals surface area contributed by atoms with E-state index in [9.17, 15) is 0 Å². The molecule has 16 heavy (non-hydrogen) atoms. The number of nitrogens with two attached hydrogens (primary N) is 1. The average molecular weight is 237 g/mol. The summed E-state index contributed by atoms with van der Waals surface area (Å²) in [4.78, 5) is 10.9. The number of aryl methyl sites for hydroxylation is 1. The van der Waals surface area contributed by atoms with Crippen molar-refractivity contribution in [3.63, 3.8) is 0 Å². The number of aromatic nitrogens is 2. The zero-order valence-corrected chi connectivity index (χ0v) is 10.7. The Morgan fingerprint density at radius 2 is 2.06 bits per heavy atom.